The highest BCUT2D eigenvalue weighted by molar-refractivity contribution is 5.95. The predicted molar refractivity (Wildman–Crippen MR) is 152 cm³/mol. The van der Waals surface area contributed by atoms with E-state index in [4.69, 9.17) is 0 Å². The SMILES string of the molecule is CC1CCCC(C)N1CCC1CCN(C(=O)c2cc(F)cc(-c3cnc4c(c3)=C(c3ccccc3)N=4)c2)CC1. The van der Waals surface area contributed by atoms with Crippen molar-refractivity contribution in [3.05, 3.63) is 88.4 Å². The second-order valence-electron chi connectivity index (χ2n) is 11.5. The Morgan fingerprint density at radius 3 is 2.41 bits per heavy atom. The molecule has 2 aromatic carbocycles. The van der Waals surface area contributed by atoms with Crippen molar-refractivity contribution in [2.75, 3.05) is 19.6 Å². The van der Waals surface area contributed by atoms with Crippen molar-refractivity contribution in [1.82, 2.24) is 14.8 Å². The quantitative estimate of drug-likeness (QED) is 0.446. The molecule has 0 spiro atoms. The normalized spacial score (nSPS) is 21.7. The van der Waals surface area contributed by atoms with E-state index < -0.39 is 5.82 Å². The Hall–Kier alpha value is -3.38. The first-order valence-corrected chi connectivity index (χ1v) is 14.5. The van der Waals surface area contributed by atoms with Gasteiger partial charge in [0.15, 0.2) is 5.49 Å². The topological polar surface area (TPSA) is 48.8 Å². The molecule has 2 unspecified atom stereocenters. The van der Waals surface area contributed by atoms with Crippen LogP contribution in [0.4, 0.5) is 4.39 Å². The summed E-state index contributed by atoms with van der Waals surface area (Å²) in [6.45, 7) is 7.34. The molecule has 0 aliphatic carbocycles. The molecule has 3 aliphatic heterocycles. The van der Waals surface area contributed by atoms with Crippen LogP contribution < -0.4 is 10.7 Å². The number of hydrogen-bond donors (Lipinski definition) is 0. The number of aromatic nitrogens is 1. The summed E-state index contributed by atoms with van der Waals surface area (Å²) in [5, 5.41) is 0.950. The van der Waals surface area contributed by atoms with Crippen molar-refractivity contribution < 1.29 is 9.18 Å². The summed E-state index contributed by atoms with van der Waals surface area (Å²) in [5.74, 6) is 0.151. The van der Waals surface area contributed by atoms with Gasteiger partial charge in [0.2, 0.25) is 0 Å². The number of rotatable bonds is 6. The fourth-order valence-electron chi connectivity index (χ4n) is 6.54. The fourth-order valence-corrected chi connectivity index (χ4v) is 6.54. The van der Waals surface area contributed by atoms with Crippen molar-refractivity contribution in [2.24, 2.45) is 10.9 Å². The lowest BCUT2D eigenvalue weighted by molar-refractivity contribution is 0.0647. The maximum Gasteiger partial charge on any atom is 0.253 e. The highest BCUT2D eigenvalue weighted by Crippen LogP contribution is 2.28. The molecule has 3 aliphatic rings. The molecule has 4 heterocycles. The van der Waals surface area contributed by atoms with E-state index in [-0.39, 0.29) is 5.91 Å². The Bertz CT molecular complexity index is 1470. The molecule has 2 saturated heterocycles. The lowest BCUT2D eigenvalue weighted by atomic mass is 9.91. The number of piperidine rings is 2. The lowest BCUT2D eigenvalue weighted by Crippen LogP contribution is -2.45. The number of carbonyl (C=O) groups excluding carboxylic acids is 1. The van der Waals surface area contributed by atoms with Gasteiger partial charge in [-0.25, -0.2) is 14.4 Å². The molecule has 1 aromatic heterocycles. The van der Waals surface area contributed by atoms with Crippen molar-refractivity contribution in [3.63, 3.8) is 0 Å². The average molecular weight is 525 g/mol. The van der Waals surface area contributed by atoms with Crippen LogP contribution in [0.2, 0.25) is 0 Å². The van der Waals surface area contributed by atoms with Gasteiger partial charge in [0.1, 0.15) is 5.82 Å². The van der Waals surface area contributed by atoms with Gasteiger partial charge in [0.05, 0.1) is 5.70 Å². The van der Waals surface area contributed by atoms with E-state index in [0.717, 1.165) is 54.5 Å². The summed E-state index contributed by atoms with van der Waals surface area (Å²) < 4.78 is 14.8. The minimum atomic E-state index is -0.407. The molecule has 6 rings (SSSR count). The van der Waals surface area contributed by atoms with Crippen LogP contribution in [0.15, 0.2) is 65.8 Å². The van der Waals surface area contributed by atoms with Gasteiger partial charge in [0, 0.05) is 53.3 Å². The van der Waals surface area contributed by atoms with E-state index in [1.165, 1.54) is 37.8 Å². The number of pyridine rings is 1. The Balaban J connectivity index is 1.13. The number of benzene rings is 2. The predicted octanol–water partition coefficient (Wildman–Crippen LogP) is 5.18. The molecule has 1 amide bonds. The Kier molecular flexibility index (Phi) is 7.30. The molecule has 5 nitrogen and oxygen atoms in total. The Morgan fingerprint density at radius 1 is 0.923 bits per heavy atom. The zero-order valence-electron chi connectivity index (χ0n) is 22.9. The summed E-state index contributed by atoms with van der Waals surface area (Å²) in [6.07, 6.45) is 8.88. The minimum Gasteiger partial charge on any atom is -0.339 e. The van der Waals surface area contributed by atoms with E-state index in [1.54, 1.807) is 12.3 Å². The molecule has 0 radical (unpaired) electrons. The van der Waals surface area contributed by atoms with Gasteiger partial charge in [-0.2, -0.15) is 0 Å². The van der Waals surface area contributed by atoms with E-state index in [0.29, 0.717) is 34.6 Å². The van der Waals surface area contributed by atoms with E-state index in [2.05, 4.69) is 28.7 Å². The van der Waals surface area contributed by atoms with Crippen LogP contribution in [0.1, 0.15) is 68.3 Å². The molecule has 0 N–H and O–H groups in total. The highest BCUT2D eigenvalue weighted by Gasteiger charge is 2.28. The van der Waals surface area contributed by atoms with Gasteiger partial charge in [-0.3, -0.25) is 9.69 Å². The van der Waals surface area contributed by atoms with Crippen LogP contribution in [0.5, 0.6) is 0 Å². The zero-order valence-corrected chi connectivity index (χ0v) is 22.9. The maximum atomic E-state index is 14.8. The van der Waals surface area contributed by atoms with Crippen molar-refractivity contribution in [2.45, 2.75) is 64.5 Å². The fraction of sp³-hybridized carbons (Fsp3) is 0.424. The van der Waals surface area contributed by atoms with Crippen LogP contribution >= 0.6 is 0 Å². The van der Waals surface area contributed by atoms with Gasteiger partial charge in [0.25, 0.3) is 5.91 Å². The molecule has 0 bridgehead atoms. The average Bonchev–Trinajstić information content (AvgIpc) is 2.93. The number of fused-ring (bicyclic) bond motifs is 1. The largest absolute Gasteiger partial charge is 0.339 e. The zero-order chi connectivity index (χ0) is 26.9. The number of hydrogen-bond acceptors (Lipinski definition) is 4. The first-order valence-electron chi connectivity index (χ1n) is 14.5. The molecule has 202 valence electrons. The van der Waals surface area contributed by atoms with Gasteiger partial charge in [-0.1, -0.05) is 36.8 Å². The molecule has 0 saturated carbocycles. The first kappa shape index (κ1) is 25.9. The summed E-state index contributed by atoms with van der Waals surface area (Å²) in [5.41, 5.74) is 4.46. The third-order valence-corrected chi connectivity index (χ3v) is 8.94. The number of likely N-dealkylation sites (tertiary alicyclic amines) is 2. The van der Waals surface area contributed by atoms with Crippen molar-refractivity contribution >= 4 is 11.6 Å². The maximum absolute atomic E-state index is 14.8. The molecule has 2 fully saturated rings. The summed E-state index contributed by atoms with van der Waals surface area (Å²) in [7, 11) is 0. The number of nitrogens with zero attached hydrogens (tertiary/aromatic N) is 4. The summed E-state index contributed by atoms with van der Waals surface area (Å²) in [6, 6.07) is 18.0. The van der Waals surface area contributed by atoms with Crippen LogP contribution in [-0.2, 0) is 0 Å². The third-order valence-electron chi connectivity index (χ3n) is 8.94. The highest BCUT2D eigenvalue weighted by atomic mass is 19.1. The van der Waals surface area contributed by atoms with E-state index >= 15 is 0 Å². The molecule has 3 aromatic rings. The second kappa shape index (κ2) is 11.0. The smallest absolute Gasteiger partial charge is 0.253 e. The standard InChI is InChI=1S/C33H37FN4O/c1-22-7-6-8-23(2)38(22)16-13-24-11-14-37(15-12-24)33(39)27-17-26(18-29(34)19-27)28-20-30-31(36-32(30)35-21-28)25-9-4-3-5-10-25/h3-5,9-10,17-24H,6-8,11-16H2,1-2H3. The van der Waals surface area contributed by atoms with Gasteiger partial charge in [-0.15, -0.1) is 0 Å². The minimum absolute atomic E-state index is 0.0871. The summed E-state index contributed by atoms with van der Waals surface area (Å²) in [4.78, 5) is 27.0. The number of carbonyl (C=O) groups is 1. The lowest BCUT2D eigenvalue weighted by Gasteiger charge is -2.40. The van der Waals surface area contributed by atoms with Gasteiger partial charge in [-0.05, 0) is 88.2 Å². The van der Waals surface area contributed by atoms with E-state index in [9.17, 15) is 9.18 Å². The third kappa shape index (κ3) is 5.40. The molecule has 6 heteroatoms. The van der Waals surface area contributed by atoms with Gasteiger partial charge < -0.3 is 4.90 Å². The number of halogens is 1. The van der Waals surface area contributed by atoms with Crippen molar-refractivity contribution in [1.29, 1.82) is 0 Å². The van der Waals surface area contributed by atoms with Crippen LogP contribution in [0, 0.1) is 11.7 Å². The first-order chi connectivity index (χ1) is 19.0. The van der Waals surface area contributed by atoms with E-state index in [1.807, 2.05) is 41.3 Å². The van der Waals surface area contributed by atoms with Crippen molar-refractivity contribution in [3.8, 4) is 11.1 Å². The molecule has 2 atom stereocenters. The Labute approximate surface area is 230 Å². The Morgan fingerprint density at radius 2 is 1.67 bits per heavy atom. The molecular weight excluding hydrogens is 487 g/mol. The number of amides is 1. The van der Waals surface area contributed by atoms with Crippen LogP contribution in [-0.4, -0.2) is 52.4 Å². The summed E-state index contributed by atoms with van der Waals surface area (Å²) >= 11 is 0. The van der Waals surface area contributed by atoms with Gasteiger partial charge >= 0.3 is 0 Å². The monoisotopic (exact) mass is 524 g/mol. The van der Waals surface area contributed by atoms with Crippen LogP contribution in [0.25, 0.3) is 16.8 Å². The molecule has 39 heavy (non-hydrogen) atoms. The second-order valence-corrected chi connectivity index (χ2v) is 11.5. The molecular formula is C33H37FN4O. The van der Waals surface area contributed by atoms with Crippen LogP contribution in [0.3, 0.4) is 0 Å².